The van der Waals surface area contributed by atoms with Crippen LogP contribution in [0.1, 0.15) is 39.1 Å². The largest absolute Gasteiger partial charge is 0.494 e. The van der Waals surface area contributed by atoms with Gasteiger partial charge in [0.2, 0.25) is 5.82 Å². The highest BCUT2D eigenvalue weighted by molar-refractivity contribution is 5.54. The predicted octanol–water partition coefficient (Wildman–Crippen LogP) is 3.35. The van der Waals surface area contributed by atoms with Crippen LogP contribution in [0.3, 0.4) is 0 Å². The van der Waals surface area contributed by atoms with Crippen molar-refractivity contribution in [3.63, 3.8) is 0 Å². The smallest absolute Gasteiger partial charge is 0.234 e. The second-order valence-electron chi connectivity index (χ2n) is 9.92. The molecule has 0 saturated carbocycles. The molecule has 0 radical (unpaired) electrons. The van der Waals surface area contributed by atoms with Crippen LogP contribution in [-0.4, -0.2) is 66.8 Å². The molecule has 1 unspecified atom stereocenters. The van der Waals surface area contributed by atoms with Gasteiger partial charge in [-0.05, 0) is 43.0 Å². The van der Waals surface area contributed by atoms with E-state index in [1.165, 1.54) is 5.69 Å². The van der Waals surface area contributed by atoms with Crippen molar-refractivity contribution in [1.82, 2.24) is 14.9 Å². The van der Waals surface area contributed by atoms with Crippen molar-refractivity contribution in [3.05, 3.63) is 41.9 Å². The number of fused-ring (bicyclic) bond motifs is 1. The number of hydrogen-bond acceptors (Lipinski definition) is 7. The molecule has 0 bridgehead atoms. The molecule has 1 aromatic carbocycles. The summed E-state index contributed by atoms with van der Waals surface area (Å²) in [4.78, 5) is 16.2. The van der Waals surface area contributed by atoms with Crippen molar-refractivity contribution < 1.29 is 4.74 Å². The molecule has 0 amide bonds. The number of anilines is 2. The van der Waals surface area contributed by atoms with Gasteiger partial charge in [0.15, 0.2) is 0 Å². The van der Waals surface area contributed by atoms with Crippen molar-refractivity contribution in [2.75, 3.05) is 55.7 Å². The van der Waals surface area contributed by atoms with E-state index in [1.807, 2.05) is 13.1 Å². The fraction of sp³-hybridized carbons (Fsp3) is 0.560. The number of piperazine rings is 1. The fourth-order valence-corrected chi connectivity index (χ4v) is 4.67. The third-order valence-corrected chi connectivity index (χ3v) is 6.11. The first-order valence-corrected chi connectivity index (χ1v) is 11.6. The Morgan fingerprint density at radius 1 is 1.12 bits per heavy atom. The second-order valence-corrected chi connectivity index (χ2v) is 9.92. The van der Waals surface area contributed by atoms with E-state index in [2.05, 4.69) is 75.8 Å². The maximum atomic E-state index is 9.26. The summed E-state index contributed by atoms with van der Waals surface area (Å²) in [6.45, 7) is 15.5. The molecule has 4 rings (SSSR count). The van der Waals surface area contributed by atoms with Crippen LogP contribution in [0.4, 0.5) is 11.5 Å². The molecule has 0 spiro atoms. The molecule has 0 N–H and O–H groups in total. The van der Waals surface area contributed by atoms with Crippen LogP contribution < -0.4 is 14.5 Å². The summed E-state index contributed by atoms with van der Waals surface area (Å²) in [5.74, 6) is 2.13. The van der Waals surface area contributed by atoms with Gasteiger partial charge in [0.05, 0.1) is 6.61 Å². The first-order chi connectivity index (χ1) is 15.4. The molecule has 1 aromatic heterocycles. The molecule has 0 aliphatic carbocycles. The fourth-order valence-electron chi connectivity index (χ4n) is 4.67. The number of rotatable bonds is 6. The zero-order chi connectivity index (χ0) is 22.7. The van der Waals surface area contributed by atoms with Crippen LogP contribution in [0, 0.1) is 16.7 Å². The molecule has 1 fully saturated rings. The lowest BCUT2D eigenvalue weighted by atomic mass is 9.95. The summed E-state index contributed by atoms with van der Waals surface area (Å²) in [5.41, 5.74) is 2.56. The number of nitrogens with zero attached hydrogens (tertiary/aromatic N) is 6. The summed E-state index contributed by atoms with van der Waals surface area (Å²) >= 11 is 0. The Hall–Kier alpha value is -2.85. The zero-order valence-corrected chi connectivity index (χ0v) is 19.7. The van der Waals surface area contributed by atoms with E-state index in [9.17, 15) is 5.26 Å². The summed E-state index contributed by atoms with van der Waals surface area (Å²) < 4.78 is 5.57. The molecule has 170 valence electrons. The standard InChI is InChI=1S/C25H34N6O/c1-5-32-22-8-6-20(7-9-22)30-12-10-29(11-13-30)17-21-14-19-16-27-23(15-26)28-24(19)31(21)18-25(2,3)4/h6-9,16,21H,5,10-14,17-18H2,1-4H3. The monoisotopic (exact) mass is 434 g/mol. The van der Waals surface area contributed by atoms with E-state index in [-0.39, 0.29) is 11.2 Å². The van der Waals surface area contributed by atoms with Gasteiger partial charge in [-0.2, -0.15) is 5.26 Å². The van der Waals surface area contributed by atoms with Gasteiger partial charge in [-0.25, -0.2) is 9.97 Å². The Morgan fingerprint density at radius 2 is 1.84 bits per heavy atom. The first kappa shape index (κ1) is 22.3. The summed E-state index contributed by atoms with van der Waals surface area (Å²) in [6, 6.07) is 10.9. The Labute approximate surface area is 191 Å². The van der Waals surface area contributed by atoms with Gasteiger partial charge >= 0.3 is 0 Å². The number of aromatic nitrogens is 2. The van der Waals surface area contributed by atoms with Gasteiger partial charge in [-0.1, -0.05) is 20.8 Å². The Morgan fingerprint density at radius 3 is 2.47 bits per heavy atom. The zero-order valence-electron chi connectivity index (χ0n) is 19.7. The molecule has 7 heteroatoms. The lowest BCUT2D eigenvalue weighted by molar-refractivity contribution is 0.236. The van der Waals surface area contributed by atoms with Gasteiger partial charge in [-0.3, -0.25) is 4.90 Å². The number of nitriles is 1. The Bertz CT molecular complexity index is 954. The van der Waals surface area contributed by atoms with E-state index in [0.29, 0.717) is 12.6 Å². The normalized spacial score (nSPS) is 19.0. The van der Waals surface area contributed by atoms with Crippen LogP contribution in [0.2, 0.25) is 0 Å². The topological polar surface area (TPSA) is 68.5 Å². The molecule has 1 atom stereocenters. The molecule has 7 nitrogen and oxygen atoms in total. The van der Waals surface area contributed by atoms with Crippen molar-refractivity contribution in [1.29, 1.82) is 5.26 Å². The molecular formula is C25H34N6O. The predicted molar refractivity (Wildman–Crippen MR) is 127 cm³/mol. The number of benzene rings is 1. The third-order valence-electron chi connectivity index (χ3n) is 6.11. The number of ether oxygens (including phenoxy) is 1. The first-order valence-electron chi connectivity index (χ1n) is 11.6. The molecule has 2 aromatic rings. The van der Waals surface area contributed by atoms with E-state index in [1.54, 1.807) is 0 Å². The summed E-state index contributed by atoms with van der Waals surface area (Å²) in [7, 11) is 0. The van der Waals surface area contributed by atoms with Gasteiger partial charge in [0.1, 0.15) is 17.6 Å². The van der Waals surface area contributed by atoms with E-state index < -0.39 is 0 Å². The van der Waals surface area contributed by atoms with Crippen LogP contribution >= 0.6 is 0 Å². The molecule has 32 heavy (non-hydrogen) atoms. The molecule has 1 saturated heterocycles. The van der Waals surface area contributed by atoms with Crippen molar-refractivity contribution in [2.45, 2.75) is 40.2 Å². The maximum Gasteiger partial charge on any atom is 0.234 e. The lowest BCUT2D eigenvalue weighted by Gasteiger charge is -2.40. The minimum absolute atomic E-state index is 0.143. The molecule has 2 aliphatic heterocycles. The third kappa shape index (κ3) is 5.13. The van der Waals surface area contributed by atoms with E-state index >= 15 is 0 Å². The molecular weight excluding hydrogens is 400 g/mol. The van der Waals surface area contributed by atoms with Crippen molar-refractivity contribution in [3.8, 4) is 11.8 Å². The van der Waals surface area contributed by atoms with E-state index in [4.69, 9.17) is 4.74 Å². The highest BCUT2D eigenvalue weighted by Gasteiger charge is 2.35. The van der Waals surface area contributed by atoms with Gasteiger partial charge in [0.25, 0.3) is 0 Å². The van der Waals surface area contributed by atoms with Crippen molar-refractivity contribution in [2.24, 2.45) is 5.41 Å². The highest BCUT2D eigenvalue weighted by atomic mass is 16.5. The van der Waals surface area contributed by atoms with Crippen LogP contribution in [0.15, 0.2) is 30.5 Å². The summed E-state index contributed by atoms with van der Waals surface area (Å²) in [5, 5.41) is 9.26. The second kappa shape index (κ2) is 9.33. The SMILES string of the molecule is CCOc1ccc(N2CCN(CC3Cc4cnc(C#N)nc4N3CC(C)(C)C)CC2)cc1. The van der Waals surface area contributed by atoms with Gasteiger partial charge < -0.3 is 14.5 Å². The Kier molecular flexibility index (Phi) is 6.52. The van der Waals surface area contributed by atoms with Crippen molar-refractivity contribution >= 4 is 11.5 Å². The number of hydrogen-bond donors (Lipinski definition) is 0. The summed E-state index contributed by atoms with van der Waals surface area (Å²) in [6.07, 6.45) is 2.79. The van der Waals surface area contributed by atoms with Crippen LogP contribution in [-0.2, 0) is 6.42 Å². The Balaban J connectivity index is 1.40. The van der Waals surface area contributed by atoms with E-state index in [0.717, 1.165) is 62.8 Å². The molecule has 2 aliphatic rings. The highest BCUT2D eigenvalue weighted by Crippen LogP contribution is 2.33. The van der Waals surface area contributed by atoms with Gasteiger partial charge in [0, 0.05) is 62.8 Å². The average Bonchev–Trinajstić information content (AvgIpc) is 3.10. The maximum absolute atomic E-state index is 9.26. The van der Waals surface area contributed by atoms with Crippen LogP contribution in [0.5, 0.6) is 5.75 Å². The lowest BCUT2D eigenvalue weighted by Crippen LogP contribution is -2.52. The quantitative estimate of drug-likeness (QED) is 0.691. The molecule has 3 heterocycles. The minimum Gasteiger partial charge on any atom is -0.494 e. The van der Waals surface area contributed by atoms with Crippen LogP contribution in [0.25, 0.3) is 0 Å². The minimum atomic E-state index is 0.143. The average molecular weight is 435 g/mol. The van der Waals surface area contributed by atoms with Gasteiger partial charge in [-0.15, -0.1) is 0 Å².